The van der Waals surface area contributed by atoms with E-state index in [2.05, 4.69) is 13.8 Å². The van der Waals surface area contributed by atoms with Crippen LogP contribution in [0.3, 0.4) is 0 Å². The average Bonchev–Trinajstić information content (AvgIpc) is 3.14. The molecule has 0 aromatic heterocycles. The Morgan fingerprint density at radius 1 is 1.06 bits per heavy atom. The van der Waals surface area contributed by atoms with E-state index in [0.717, 1.165) is 5.56 Å². The number of aliphatic hydroxyl groups excluding tert-OH is 1. The maximum Gasteiger partial charge on any atom is 0.300 e. The van der Waals surface area contributed by atoms with Gasteiger partial charge in [-0.3, -0.25) is 24.6 Å². The molecule has 0 saturated carbocycles. The first kappa shape index (κ1) is 24.7. The van der Waals surface area contributed by atoms with Crippen LogP contribution in [0.1, 0.15) is 49.4 Å². The zero-order valence-corrected chi connectivity index (χ0v) is 20.2. The smallest absolute Gasteiger partial charge is 0.300 e. The number of benzene rings is 3. The molecule has 3 aromatic rings. The van der Waals surface area contributed by atoms with Crippen molar-refractivity contribution in [2.75, 3.05) is 11.5 Å². The molecule has 1 aliphatic heterocycles. The Morgan fingerprint density at radius 2 is 1.75 bits per heavy atom. The third kappa shape index (κ3) is 4.57. The van der Waals surface area contributed by atoms with E-state index in [1.54, 1.807) is 36.4 Å². The summed E-state index contributed by atoms with van der Waals surface area (Å²) in [6.45, 7) is 6.38. The molecule has 36 heavy (non-hydrogen) atoms. The topological polar surface area (TPSA) is 110 Å². The monoisotopic (exact) mass is 486 g/mol. The van der Waals surface area contributed by atoms with Crippen molar-refractivity contribution in [3.8, 4) is 5.75 Å². The van der Waals surface area contributed by atoms with Crippen molar-refractivity contribution in [1.29, 1.82) is 0 Å². The molecule has 0 spiro atoms. The standard InChI is InChI=1S/C28H26N2O6/c1-4-36-23-10-6-7-19(16-23)25-24(26(31)20-8-5-9-22(15-20)30(34)35)27(32)28(33)29(25)21-13-11-18(12-14-21)17(2)3/h5-17,25,31H,4H2,1-3H3/b26-24-. The molecule has 0 aliphatic carbocycles. The van der Waals surface area contributed by atoms with Crippen LogP contribution < -0.4 is 9.64 Å². The molecule has 1 amide bonds. The number of nitro benzene ring substituents is 1. The largest absolute Gasteiger partial charge is 0.507 e. The van der Waals surface area contributed by atoms with Gasteiger partial charge in [0.2, 0.25) is 0 Å². The van der Waals surface area contributed by atoms with Gasteiger partial charge in [-0.2, -0.15) is 0 Å². The Kier molecular flexibility index (Phi) is 6.87. The molecule has 1 saturated heterocycles. The average molecular weight is 487 g/mol. The number of carbonyl (C=O) groups excluding carboxylic acids is 2. The number of hydrogen-bond donors (Lipinski definition) is 1. The number of aliphatic hydroxyl groups is 1. The van der Waals surface area contributed by atoms with E-state index in [-0.39, 0.29) is 22.7 Å². The van der Waals surface area contributed by atoms with E-state index >= 15 is 0 Å². The highest BCUT2D eigenvalue weighted by Gasteiger charge is 2.47. The van der Waals surface area contributed by atoms with Gasteiger partial charge in [0.25, 0.3) is 17.4 Å². The quantitative estimate of drug-likeness (QED) is 0.150. The number of anilines is 1. The van der Waals surface area contributed by atoms with Crippen molar-refractivity contribution >= 4 is 28.8 Å². The second kappa shape index (κ2) is 10.0. The van der Waals surface area contributed by atoms with Crippen LogP contribution in [0.15, 0.2) is 78.4 Å². The summed E-state index contributed by atoms with van der Waals surface area (Å²) in [5.41, 5.74) is 1.80. The van der Waals surface area contributed by atoms with Crippen molar-refractivity contribution < 1.29 is 24.4 Å². The molecule has 1 aliphatic rings. The fraction of sp³-hybridized carbons (Fsp3) is 0.214. The number of hydrogen-bond acceptors (Lipinski definition) is 6. The lowest BCUT2D eigenvalue weighted by Crippen LogP contribution is -2.29. The summed E-state index contributed by atoms with van der Waals surface area (Å²) < 4.78 is 5.62. The first-order valence-corrected chi connectivity index (χ1v) is 11.6. The summed E-state index contributed by atoms with van der Waals surface area (Å²) >= 11 is 0. The number of rotatable bonds is 7. The lowest BCUT2D eigenvalue weighted by molar-refractivity contribution is -0.384. The fourth-order valence-electron chi connectivity index (χ4n) is 4.30. The molecule has 1 atom stereocenters. The normalized spacial score (nSPS) is 17.0. The zero-order valence-electron chi connectivity index (χ0n) is 20.2. The summed E-state index contributed by atoms with van der Waals surface area (Å²) in [5, 5.41) is 22.5. The van der Waals surface area contributed by atoms with Crippen molar-refractivity contribution in [2.45, 2.75) is 32.7 Å². The van der Waals surface area contributed by atoms with Gasteiger partial charge in [0.15, 0.2) is 0 Å². The Bertz CT molecular complexity index is 1360. The Labute approximate surface area is 208 Å². The SMILES string of the molecule is CCOc1cccc(C2/C(=C(/O)c3cccc([N+](=O)[O-])c3)C(=O)C(=O)N2c2ccc(C(C)C)cc2)c1. The molecule has 8 heteroatoms. The molecule has 1 heterocycles. The number of nitro groups is 1. The summed E-state index contributed by atoms with van der Waals surface area (Å²) in [5.74, 6) is -1.33. The van der Waals surface area contributed by atoms with E-state index in [0.29, 0.717) is 23.6 Å². The molecule has 184 valence electrons. The second-order valence-corrected chi connectivity index (χ2v) is 8.73. The minimum absolute atomic E-state index is 0.0725. The van der Waals surface area contributed by atoms with Crippen LogP contribution in [0.4, 0.5) is 11.4 Å². The highest BCUT2D eigenvalue weighted by atomic mass is 16.6. The van der Waals surface area contributed by atoms with Gasteiger partial charge in [-0.15, -0.1) is 0 Å². The van der Waals surface area contributed by atoms with E-state index in [4.69, 9.17) is 4.74 Å². The summed E-state index contributed by atoms with van der Waals surface area (Å²) in [4.78, 5) is 38.7. The number of ketones is 1. The lowest BCUT2D eigenvalue weighted by Gasteiger charge is -2.26. The Morgan fingerprint density at radius 3 is 2.39 bits per heavy atom. The molecule has 8 nitrogen and oxygen atoms in total. The van der Waals surface area contributed by atoms with Crippen LogP contribution in [-0.2, 0) is 9.59 Å². The minimum atomic E-state index is -0.963. The predicted molar refractivity (Wildman–Crippen MR) is 136 cm³/mol. The summed E-state index contributed by atoms with van der Waals surface area (Å²) in [6.07, 6.45) is 0. The highest BCUT2D eigenvalue weighted by Crippen LogP contribution is 2.43. The zero-order chi connectivity index (χ0) is 26.0. The van der Waals surface area contributed by atoms with Crippen LogP contribution in [-0.4, -0.2) is 28.3 Å². The molecular formula is C28H26N2O6. The Balaban J connectivity index is 1.92. The van der Waals surface area contributed by atoms with E-state index in [9.17, 15) is 24.8 Å². The number of Topliss-reactive ketones (excluding diaryl/α,β-unsaturated/α-hetero) is 1. The van der Waals surface area contributed by atoms with E-state index < -0.39 is 28.4 Å². The molecule has 3 aromatic carbocycles. The van der Waals surface area contributed by atoms with Crippen molar-refractivity contribution in [2.24, 2.45) is 0 Å². The third-order valence-corrected chi connectivity index (χ3v) is 6.10. The van der Waals surface area contributed by atoms with Gasteiger partial charge < -0.3 is 9.84 Å². The molecule has 4 rings (SSSR count). The van der Waals surface area contributed by atoms with Crippen molar-refractivity contribution in [3.63, 3.8) is 0 Å². The van der Waals surface area contributed by atoms with Crippen molar-refractivity contribution in [1.82, 2.24) is 0 Å². The van der Waals surface area contributed by atoms with Crippen LogP contribution >= 0.6 is 0 Å². The van der Waals surface area contributed by atoms with Gasteiger partial charge in [0.05, 0.1) is 23.1 Å². The Hall–Kier alpha value is -4.46. The van der Waals surface area contributed by atoms with Crippen LogP contribution in [0.25, 0.3) is 5.76 Å². The van der Waals surface area contributed by atoms with Gasteiger partial charge >= 0.3 is 0 Å². The van der Waals surface area contributed by atoms with Crippen LogP contribution in [0, 0.1) is 10.1 Å². The maximum atomic E-state index is 13.3. The number of carbonyl (C=O) groups is 2. The number of nitrogens with zero attached hydrogens (tertiary/aromatic N) is 2. The van der Waals surface area contributed by atoms with Crippen LogP contribution in [0.2, 0.25) is 0 Å². The molecule has 1 fully saturated rings. The maximum absolute atomic E-state index is 13.3. The van der Waals surface area contributed by atoms with Gasteiger partial charge in [0, 0.05) is 23.4 Å². The summed E-state index contributed by atoms with van der Waals surface area (Å²) in [7, 11) is 0. The van der Waals surface area contributed by atoms with Gasteiger partial charge in [-0.1, -0.05) is 50.2 Å². The lowest BCUT2D eigenvalue weighted by atomic mass is 9.94. The number of ether oxygens (including phenoxy) is 1. The first-order valence-electron chi connectivity index (χ1n) is 11.6. The fourth-order valence-corrected chi connectivity index (χ4v) is 4.30. The number of amides is 1. The van der Waals surface area contributed by atoms with E-state index in [1.165, 1.54) is 29.2 Å². The highest BCUT2D eigenvalue weighted by molar-refractivity contribution is 6.51. The second-order valence-electron chi connectivity index (χ2n) is 8.73. The molecule has 0 radical (unpaired) electrons. The van der Waals surface area contributed by atoms with Crippen molar-refractivity contribution in [3.05, 3.63) is 105 Å². The van der Waals surface area contributed by atoms with Gasteiger partial charge in [0.1, 0.15) is 11.5 Å². The summed E-state index contributed by atoms with van der Waals surface area (Å²) in [6, 6.07) is 18.7. The molecule has 0 bridgehead atoms. The molecule has 1 unspecified atom stereocenters. The molecular weight excluding hydrogens is 460 g/mol. The van der Waals surface area contributed by atoms with Gasteiger partial charge in [-0.05, 0) is 48.2 Å². The number of non-ortho nitro benzene ring substituents is 1. The first-order chi connectivity index (χ1) is 17.2. The third-order valence-electron chi connectivity index (χ3n) is 6.10. The minimum Gasteiger partial charge on any atom is -0.507 e. The van der Waals surface area contributed by atoms with E-state index in [1.807, 2.05) is 19.1 Å². The molecule has 1 N–H and O–H groups in total. The van der Waals surface area contributed by atoms with Crippen LogP contribution in [0.5, 0.6) is 5.75 Å². The predicted octanol–water partition coefficient (Wildman–Crippen LogP) is 5.74. The van der Waals surface area contributed by atoms with Gasteiger partial charge in [-0.25, -0.2) is 0 Å².